The quantitative estimate of drug-likeness (QED) is 0.491. The van der Waals surface area contributed by atoms with E-state index >= 15 is 0 Å². The van der Waals surface area contributed by atoms with Gasteiger partial charge in [0.15, 0.2) is 0 Å². The Bertz CT molecular complexity index is 94.7. The summed E-state index contributed by atoms with van der Waals surface area (Å²) in [6.45, 7) is 1.21. The smallest absolute Gasteiger partial charge is 0.0431 e. The summed E-state index contributed by atoms with van der Waals surface area (Å²) >= 11 is 0. The maximum absolute atomic E-state index is 8.60. The average molecular weight is 215 g/mol. The fourth-order valence-corrected chi connectivity index (χ4v) is 1.85. The van der Waals surface area contributed by atoms with Crippen LogP contribution in [0.25, 0.3) is 0 Å². The first-order chi connectivity index (χ1) is 7.41. The van der Waals surface area contributed by atoms with E-state index in [-0.39, 0.29) is 0 Å². The second-order valence-corrected chi connectivity index (χ2v) is 4.40. The average Bonchev–Trinajstić information content (AvgIpc) is 2.26. The summed E-state index contributed by atoms with van der Waals surface area (Å²) in [6.07, 6.45) is 14.3. The molecule has 0 bridgehead atoms. The number of hydrogen-bond acceptors (Lipinski definition) is 2. The third-order valence-electron chi connectivity index (χ3n) is 2.86. The molecule has 3 N–H and O–H groups in total. The van der Waals surface area contributed by atoms with E-state index in [0.29, 0.717) is 6.61 Å². The Balaban J connectivity index is 2.81. The maximum Gasteiger partial charge on any atom is 0.0431 e. The highest BCUT2D eigenvalue weighted by atomic mass is 16.2. The van der Waals surface area contributed by atoms with Gasteiger partial charge in [0.05, 0.1) is 0 Å². The first kappa shape index (κ1) is 14.9. The van der Waals surface area contributed by atoms with Crippen molar-refractivity contribution in [2.24, 2.45) is 5.73 Å². The fourth-order valence-electron chi connectivity index (χ4n) is 1.85. The van der Waals surface area contributed by atoms with Crippen molar-refractivity contribution in [1.82, 2.24) is 0 Å². The van der Waals surface area contributed by atoms with Crippen LogP contribution in [0.4, 0.5) is 0 Å². The zero-order chi connectivity index (χ0) is 11.2. The standard InChI is InChI=1S/C13H29NO/c14-12-10-8-6-4-2-1-3-5-7-9-11-13-15/h15H,1-14H2. The van der Waals surface area contributed by atoms with Gasteiger partial charge in [0.2, 0.25) is 0 Å². The van der Waals surface area contributed by atoms with Gasteiger partial charge in [-0.25, -0.2) is 0 Å². The Morgan fingerprint density at radius 3 is 1.20 bits per heavy atom. The van der Waals surface area contributed by atoms with E-state index in [9.17, 15) is 0 Å². The summed E-state index contributed by atoms with van der Waals surface area (Å²) in [5.74, 6) is 0. The predicted octanol–water partition coefficient (Wildman–Crippen LogP) is 3.23. The number of unbranched alkanes of at least 4 members (excludes halogenated alkanes) is 10. The zero-order valence-corrected chi connectivity index (χ0v) is 10.2. The van der Waals surface area contributed by atoms with E-state index in [4.69, 9.17) is 10.8 Å². The molecule has 0 aromatic rings. The van der Waals surface area contributed by atoms with Crippen molar-refractivity contribution < 1.29 is 5.11 Å². The summed E-state index contributed by atoms with van der Waals surface area (Å²) in [5.41, 5.74) is 5.43. The van der Waals surface area contributed by atoms with Crippen molar-refractivity contribution in [1.29, 1.82) is 0 Å². The van der Waals surface area contributed by atoms with Crippen molar-refractivity contribution in [3.63, 3.8) is 0 Å². The Labute approximate surface area is 95.3 Å². The highest BCUT2D eigenvalue weighted by Crippen LogP contribution is 2.10. The van der Waals surface area contributed by atoms with E-state index in [1.165, 1.54) is 64.2 Å². The largest absolute Gasteiger partial charge is 0.396 e. The van der Waals surface area contributed by atoms with Crippen molar-refractivity contribution in [2.75, 3.05) is 13.2 Å². The molecule has 92 valence electrons. The van der Waals surface area contributed by atoms with Gasteiger partial charge >= 0.3 is 0 Å². The molecule has 0 aromatic heterocycles. The Morgan fingerprint density at radius 2 is 0.867 bits per heavy atom. The molecule has 2 nitrogen and oxygen atoms in total. The fraction of sp³-hybridized carbons (Fsp3) is 1.00. The minimum absolute atomic E-state index is 0.362. The molecule has 0 atom stereocenters. The molecule has 0 fully saturated rings. The van der Waals surface area contributed by atoms with Crippen molar-refractivity contribution in [3.05, 3.63) is 0 Å². The first-order valence-corrected chi connectivity index (χ1v) is 6.72. The molecule has 0 saturated carbocycles. The Kier molecular flexibility index (Phi) is 13.8. The molecule has 0 rings (SSSR count). The predicted molar refractivity (Wildman–Crippen MR) is 66.9 cm³/mol. The van der Waals surface area contributed by atoms with Gasteiger partial charge in [0.1, 0.15) is 0 Å². The van der Waals surface area contributed by atoms with E-state index in [1.807, 2.05) is 0 Å². The molecule has 0 amide bonds. The molecule has 0 aliphatic carbocycles. The summed E-state index contributed by atoms with van der Waals surface area (Å²) in [7, 11) is 0. The lowest BCUT2D eigenvalue weighted by Gasteiger charge is -2.01. The van der Waals surface area contributed by atoms with Crippen LogP contribution in [0, 0.1) is 0 Å². The molecule has 0 aliphatic rings. The van der Waals surface area contributed by atoms with E-state index in [0.717, 1.165) is 13.0 Å². The third-order valence-corrected chi connectivity index (χ3v) is 2.86. The summed E-state index contributed by atoms with van der Waals surface area (Å²) in [5, 5.41) is 8.60. The second-order valence-electron chi connectivity index (χ2n) is 4.40. The first-order valence-electron chi connectivity index (χ1n) is 6.72. The lowest BCUT2D eigenvalue weighted by molar-refractivity contribution is 0.282. The monoisotopic (exact) mass is 215 g/mol. The molecular formula is C13H29NO. The lowest BCUT2D eigenvalue weighted by atomic mass is 10.1. The van der Waals surface area contributed by atoms with Gasteiger partial charge in [-0.05, 0) is 19.4 Å². The third kappa shape index (κ3) is 13.9. The number of nitrogens with two attached hydrogens (primary N) is 1. The SMILES string of the molecule is NCCCCCCCCCCCCCO. The van der Waals surface area contributed by atoms with Gasteiger partial charge in [-0.1, -0.05) is 57.8 Å². The molecular weight excluding hydrogens is 186 g/mol. The molecule has 0 radical (unpaired) electrons. The van der Waals surface area contributed by atoms with Crippen LogP contribution in [0.2, 0.25) is 0 Å². The van der Waals surface area contributed by atoms with Crippen molar-refractivity contribution in [2.45, 2.75) is 70.6 Å². The minimum atomic E-state index is 0.362. The highest BCUT2D eigenvalue weighted by Gasteiger charge is 1.92. The van der Waals surface area contributed by atoms with Gasteiger partial charge in [0, 0.05) is 6.61 Å². The van der Waals surface area contributed by atoms with Gasteiger partial charge in [-0.3, -0.25) is 0 Å². The van der Waals surface area contributed by atoms with Crippen LogP contribution in [0.1, 0.15) is 70.6 Å². The van der Waals surface area contributed by atoms with E-state index < -0.39 is 0 Å². The normalized spacial score (nSPS) is 10.8. The number of aliphatic hydroxyl groups is 1. The zero-order valence-electron chi connectivity index (χ0n) is 10.2. The number of rotatable bonds is 12. The van der Waals surface area contributed by atoms with Crippen LogP contribution in [0.15, 0.2) is 0 Å². The van der Waals surface area contributed by atoms with Gasteiger partial charge in [-0.2, -0.15) is 0 Å². The molecule has 0 unspecified atom stereocenters. The van der Waals surface area contributed by atoms with Crippen LogP contribution in [0.3, 0.4) is 0 Å². The molecule has 0 saturated heterocycles. The van der Waals surface area contributed by atoms with Crippen LogP contribution >= 0.6 is 0 Å². The van der Waals surface area contributed by atoms with Crippen LogP contribution in [-0.2, 0) is 0 Å². The molecule has 0 spiro atoms. The second kappa shape index (κ2) is 13.9. The van der Waals surface area contributed by atoms with E-state index in [2.05, 4.69) is 0 Å². The molecule has 15 heavy (non-hydrogen) atoms. The van der Waals surface area contributed by atoms with E-state index in [1.54, 1.807) is 0 Å². The summed E-state index contributed by atoms with van der Waals surface area (Å²) < 4.78 is 0. The van der Waals surface area contributed by atoms with Crippen LogP contribution in [0.5, 0.6) is 0 Å². The van der Waals surface area contributed by atoms with Gasteiger partial charge in [0.25, 0.3) is 0 Å². The molecule has 0 aromatic carbocycles. The molecule has 0 aliphatic heterocycles. The topological polar surface area (TPSA) is 46.2 Å². The molecule has 2 heteroatoms. The van der Waals surface area contributed by atoms with Gasteiger partial charge < -0.3 is 10.8 Å². The minimum Gasteiger partial charge on any atom is -0.396 e. The van der Waals surface area contributed by atoms with Crippen LogP contribution in [-0.4, -0.2) is 18.3 Å². The Morgan fingerprint density at radius 1 is 0.533 bits per heavy atom. The number of aliphatic hydroxyl groups excluding tert-OH is 1. The maximum atomic E-state index is 8.60. The van der Waals surface area contributed by atoms with Crippen molar-refractivity contribution in [3.8, 4) is 0 Å². The Hall–Kier alpha value is -0.0800. The lowest BCUT2D eigenvalue weighted by Crippen LogP contribution is -1.97. The van der Waals surface area contributed by atoms with Gasteiger partial charge in [-0.15, -0.1) is 0 Å². The summed E-state index contributed by atoms with van der Waals surface area (Å²) in [6, 6.07) is 0. The molecule has 0 heterocycles. The number of hydrogen-bond donors (Lipinski definition) is 2. The highest BCUT2D eigenvalue weighted by molar-refractivity contribution is 4.48. The summed E-state index contributed by atoms with van der Waals surface area (Å²) in [4.78, 5) is 0. The van der Waals surface area contributed by atoms with Crippen LogP contribution < -0.4 is 5.73 Å². The van der Waals surface area contributed by atoms with Crippen molar-refractivity contribution >= 4 is 0 Å².